The molecule has 2 aromatic rings. The molecule has 5 heteroatoms. The summed E-state index contributed by atoms with van der Waals surface area (Å²) in [4.78, 5) is 4.21. The van der Waals surface area contributed by atoms with Gasteiger partial charge in [0.05, 0.1) is 6.20 Å². The highest BCUT2D eigenvalue weighted by Gasteiger charge is 2.12. The highest BCUT2D eigenvalue weighted by Crippen LogP contribution is 2.25. The van der Waals surface area contributed by atoms with Crippen LogP contribution in [0.5, 0.6) is 0 Å². The van der Waals surface area contributed by atoms with Gasteiger partial charge in [-0.3, -0.25) is 0 Å². The van der Waals surface area contributed by atoms with E-state index in [-0.39, 0.29) is 5.54 Å². The van der Waals surface area contributed by atoms with Gasteiger partial charge in [0.25, 0.3) is 0 Å². The lowest BCUT2D eigenvalue weighted by Gasteiger charge is -2.19. The molecular formula is C13H17ClN2O2. The molecule has 0 spiro atoms. The van der Waals surface area contributed by atoms with E-state index >= 15 is 0 Å². The van der Waals surface area contributed by atoms with E-state index in [2.05, 4.69) is 31.1 Å². The molecular weight excluding hydrogens is 252 g/mol. The number of rotatable bonds is 4. The van der Waals surface area contributed by atoms with Crippen molar-refractivity contribution in [3.05, 3.63) is 29.4 Å². The summed E-state index contributed by atoms with van der Waals surface area (Å²) in [5.41, 5.74) is 0.101. The number of nitrogens with one attached hydrogen (secondary N) is 1. The minimum atomic E-state index is 0.101. The van der Waals surface area contributed by atoms with Crippen LogP contribution in [0.25, 0.3) is 11.5 Å². The zero-order valence-electron chi connectivity index (χ0n) is 10.8. The number of furan rings is 1. The molecule has 0 amide bonds. The van der Waals surface area contributed by atoms with Crippen molar-refractivity contribution in [2.75, 3.05) is 6.54 Å². The first-order chi connectivity index (χ1) is 8.44. The molecule has 2 heterocycles. The fourth-order valence-corrected chi connectivity index (χ4v) is 1.68. The second-order valence-electron chi connectivity index (χ2n) is 5.15. The lowest BCUT2D eigenvalue weighted by atomic mass is 10.1. The first-order valence-corrected chi connectivity index (χ1v) is 6.27. The summed E-state index contributed by atoms with van der Waals surface area (Å²) >= 11 is 5.71. The zero-order chi connectivity index (χ0) is 13.2. The van der Waals surface area contributed by atoms with E-state index < -0.39 is 0 Å². The van der Waals surface area contributed by atoms with E-state index in [1.807, 2.05) is 0 Å². The molecule has 0 aromatic carbocycles. The molecule has 0 bridgehead atoms. The first kappa shape index (κ1) is 13.2. The normalized spacial score (nSPS) is 12.0. The Hall–Kier alpha value is -1.26. The number of nitrogens with zero attached hydrogens (tertiary/aromatic N) is 1. The van der Waals surface area contributed by atoms with Crippen LogP contribution >= 0.6 is 11.6 Å². The number of halogens is 1. The van der Waals surface area contributed by atoms with Crippen LogP contribution in [0.1, 0.15) is 26.7 Å². The van der Waals surface area contributed by atoms with E-state index in [0.29, 0.717) is 22.6 Å². The Balaban J connectivity index is 1.94. The third-order valence-electron chi connectivity index (χ3n) is 2.36. The second kappa shape index (κ2) is 5.16. The topological polar surface area (TPSA) is 51.2 Å². The van der Waals surface area contributed by atoms with Crippen LogP contribution in [0, 0.1) is 0 Å². The van der Waals surface area contributed by atoms with Crippen molar-refractivity contribution in [2.45, 2.75) is 32.7 Å². The van der Waals surface area contributed by atoms with Crippen LogP contribution in [0.2, 0.25) is 5.22 Å². The van der Waals surface area contributed by atoms with E-state index in [1.54, 1.807) is 18.3 Å². The van der Waals surface area contributed by atoms with Crippen molar-refractivity contribution < 1.29 is 8.83 Å². The summed E-state index contributed by atoms with van der Waals surface area (Å²) in [6.45, 7) is 7.19. The van der Waals surface area contributed by atoms with Gasteiger partial charge in [0.2, 0.25) is 0 Å². The van der Waals surface area contributed by atoms with Crippen LogP contribution in [-0.4, -0.2) is 17.1 Å². The van der Waals surface area contributed by atoms with E-state index in [1.165, 1.54) is 0 Å². The number of hydrogen-bond acceptors (Lipinski definition) is 4. The third-order valence-corrected chi connectivity index (χ3v) is 2.57. The maximum atomic E-state index is 5.71. The van der Waals surface area contributed by atoms with Gasteiger partial charge in [0.1, 0.15) is 0 Å². The Bertz CT molecular complexity index is 511. The van der Waals surface area contributed by atoms with Gasteiger partial charge in [-0.25, -0.2) is 4.98 Å². The Morgan fingerprint density at radius 3 is 2.61 bits per heavy atom. The first-order valence-electron chi connectivity index (χ1n) is 5.89. The lowest BCUT2D eigenvalue weighted by molar-refractivity contribution is 0.409. The maximum absolute atomic E-state index is 5.71. The molecule has 0 saturated carbocycles. The molecule has 98 valence electrons. The molecule has 0 unspecified atom stereocenters. The molecule has 0 atom stereocenters. The van der Waals surface area contributed by atoms with Crippen molar-refractivity contribution in [1.82, 2.24) is 10.3 Å². The van der Waals surface area contributed by atoms with Crippen LogP contribution in [0.4, 0.5) is 0 Å². The predicted molar refractivity (Wildman–Crippen MR) is 70.7 cm³/mol. The van der Waals surface area contributed by atoms with Gasteiger partial charge in [-0.05, 0) is 44.5 Å². The average molecular weight is 269 g/mol. The zero-order valence-corrected chi connectivity index (χ0v) is 11.5. The van der Waals surface area contributed by atoms with Crippen molar-refractivity contribution in [1.29, 1.82) is 0 Å². The molecule has 0 aliphatic rings. The fraction of sp³-hybridized carbons (Fsp3) is 0.462. The number of aromatic nitrogens is 1. The average Bonchev–Trinajstić information content (AvgIpc) is 2.85. The van der Waals surface area contributed by atoms with Crippen molar-refractivity contribution in [3.63, 3.8) is 0 Å². The van der Waals surface area contributed by atoms with Gasteiger partial charge < -0.3 is 14.2 Å². The van der Waals surface area contributed by atoms with E-state index in [4.69, 9.17) is 20.4 Å². The Labute approximate surface area is 111 Å². The molecule has 1 N–H and O–H groups in total. The maximum Gasteiger partial charge on any atom is 0.196 e. The predicted octanol–water partition coefficient (Wildman–Crippen LogP) is 3.52. The van der Waals surface area contributed by atoms with E-state index in [9.17, 15) is 0 Å². The van der Waals surface area contributed by atoms with Gasteiger partial charge >= 0.3 is 0 Å². The molecule has 2 rings (SSSR count). The highest BCUT2D eigenvalue weighted by atomic mass is 35.5. The van der Waals surface area contributed by atoms with Gasteiger partial charge in [-0.15, -0.1) is 0 Å². The monoisotopic (exact) mass is 268 g/mol. The second-order valence-corrected chi connectivity index (χ2v) is 5.52. The van der Waals surface area contributed by atoms with Gasteiger partial charge in [-0.1, -0.05) is 0 Å². The number of oxazole rings is 1. The highest BCUT2D eigenvalue weighted by molar-refractivity contribution is 6.28. The van der Waals surface area contributed by atoms with Crippen LogP contribution < -0.4 is 5.32 Å². The smallest absolute Gasteiger partial charge is 0.196 e. The van der Waals surface area contributed by atoms with Crippen molar-refractivity contribution in [3.8, 4) is 11.5 Å². The molecule has 0 aliphatic carbocycles. The van der Waals surface area contributed by atoms with E-state index in [0.717, 1.165) is 13.0 Å². The van der Waals surface area contributed by atoms with Crippen molar-refractivity contribution in [2.24, 2.45) is 0 Å². The Morgan fingerprint density at radius 1 is 1.22 bits per heavy atom. The van der Waals surface area contributed by atoms with Crippen LogP contribution in [-0.2, 0) is 6.42 Å². The SMILES string of the molecule is CC(C)(C)NCCc1ncc(-c2ccc(Cl)o2)o1. The largest absolute Gasteiger partial charge is 0.441 e. The minimum Gasteiger partial charge on any atom is -0.441 e. The molecule has 0 aliphatic heterocycles. The van der Waals surface area contributed by atoms with Gasteiger partial charge in [0, 0.05) is 18.5 Å². The molecule has 2 aromatic heterocycles. The summed E-state index contributed by atoms with van der Waals surface area (Å²) in [5.74, 6) is 1.89. The summed E-state index contributed by atoms with van der Waals surface area (Å²) in [5, 5.41) is 3.72. The summed E-state index contributed by atoms with van der Waals surface area (Å²) in [6.07, 6.45) is 2.40. The molecule has 18 heavy (non-hydrogen) atoms. The van der Waals surface area contributed by atoms with Gasteiger partial charge in [-0.2, -0.15) is 0 Å². The molecule has 0 saturated heterocycles. The summed E-state index contributed by atoms with van der Waals surface area (Å²) in [7, 11) is 0. The minimum absolute atomic E-state index is 0.101. The summed E-state index contributed by atoms with van der Waals surface area (Å²) < 4.78 is 10.9. The van der Waals surface area contributed by atoms with Gasteiger partial charge in [0.15, 0.2) is 22.6 Å². The quantitative estimate of drug-likeness (QED) is 0.922. The standard InChI is InChI=1S/C13H17ClN2O2/c1-13(2,3)16-7-6-12-15-8-10(18-12)9-4-5-11(14)17-9/h4-5,8,16H,6-7H2,1-3H3. The Kier molecular flexibility index (Phi) is 3.78. The third kappa shape index (κ3) is 3.62. The molecule has 0 fully saturated rings. The Morgan fingerprint density at radius 2 is 2.00 bits per heavy atom. The molecule has 0 radical (unpaired) electrons. The number of hydrogen-bond donors (Lipinski definition) is 1. The fourth-order valence-electron chi connectivity index (χ4n) is 1.53. The van der Waals surface area contributed by atoms with Crippen LogP contribution in [0.3, 0.4) is 0 Å². The lowest BCUT2D eigenvalue weighted by Crippen LogP contribution is -2.37. The summed E-state index contributed by atoms with van der Waals surface area (Å²) in [6, 6.07) is 3.44. The van der Waals surface area contributed by atoms with Crippen molar-refractivity contribution >= 4 is 11.6 Å². The van der Waals surface area contributed by atoms with Crippen LogP contribution in [0.15, 0.2) is 27.2 Å². The molecule has 4 nitrogen and oxygen atoms in total.